The first-order valence-electron chi connectivity index (χ1n) is 9.25. The minimum atomic E-state index is -0.0409. The smallest absolute Gasteiger partial charge is 0.227 e. The zero-order chi connectivity index (χ0) is 18.8. The van der Waals surface area contributed by atoms with E-state index in [0.717, 1.165) is 31.0 Å². The van der Waals surface area contributed by atoms with E-state index in [2.05, 4.69) is 26.4 Å². The van der Waals surface area contributed by atoms with E-state index in [9.17, 15) is 4.79 Å². The van der Waals surface area contributed by atoms with Crippen molar-refractivity contribution in [1.82, 2.24) is 25.0 Å². The van der Waals surface area contributed by atoms with Crippen molar-refractivity contribution in [1.29, 1.82) is 5.26 Å². The average Bonchev–Trinajstić information content (AvgIpc) is 3.36. The van der Waals surface area contributed by atoms with Gasteiger partial charge in [0.2, 0.25) is 5.91 Å². The van der Waals surface area contributed by atoms with Gasteiger partial charge in [-0.25, -0.2) is 4.98 Å². The van der Waals surface area contributed by atoms with Gasteiger partial charge in [-0.05, 0) is 17.7 Å². The molecule has 2 atom stereocenters. The Bertz CT molecular complexity index is 863. The number of nitrogens with zero attached hydrogens (tertiary/aromatic N) is 6. The number of rotatable bonds is 3. The Morgan fingerprint density at radius 2 is 2.11 bits per heavy atom. The molecule has 2 aromatic heterocycles. The molecule has 2 saturated heterocycles. The molecule has 0 aliphatic carbocycles. The summed E-state index contributed by atoms with van der Waals surface area (Å²) in [6.45, 7) is 4.33. The molecule has 0 radical (unpaired) electrons. The lowest BCUT2D eigenvalue weighted by atomic mass is 9.89. The fourth-order valence-corrected chi connectivity index (χ4v) is 3.97. The zero-order valence-electron chi connectivity index (χ0n) is 15.4. The van der Waals surface area contributed by atoms with Crippen molar-refractivity contribution in [3.63, 3.8) is 0 Å². The monoisotopic (exact) mass is 365 g/mol. The number of amides is 1. The van der Waals surface area contributed by atoms with Crippen LogP contribution in [0.4, 0.5) is 5.82 Å². The van der Waals surface area contributed by atoms with Crippen LogP contribution >= 0.6 is 0 Å². The SMILES string of the molecule is Cn1cc([C@H]2CNC[C@@H]2C(=O)N2CCN(c3cc(C#N)ccn3)CC2)cn1. The summed E-state index contributed by atoms with van der Waals surface area (Å²) in [5.74, 6) is 1.16. The van der Waals surface area contributed by atoms with Crippen molar-refractivity contribution in [2.45, 2.75) is 5.92 Å². The van der Waals surface area contributed by atoms with Crippen LogP contribution in [-0.4, -0.2) is 64.8 Å². The maximum atomic E-state index is 13.1. The number of nitrogens with one attached hydrogen (secondary N) is 1. The van der Waals surface area contributed by atoms with Gasteiger partial charge in [-0.3, -0.25) is 9.48 Å². The van der Waals surface area contributed by atoms with Gasteiger partial charge in [0.05, 0.1) is 23.7 Å². The quantitative estimate of drug-likeness (QED) is 0.844. The molecule has 0 bridgehead atoms. The number of hydrogen-bond donors (Lipinski definition) is 1. The number of carbonyl (C=O) groups excluding carboxylic acids is 1. The summed E-state index contributed by atoms with van der Waals surface area (Å²) in [6.07, 6.45) is 5.53. The predicted octanol–water partition coefficient (Wildman–Crippen LogP) is 0.339. The van der Waals surface area contributed by atoms with E-state index in [1.807, 2.05) is 24.3 Å². The fourth-order valence-electron chi connectivity index (χ4n) is 3.97. The molecule has 1 amide bonds. The van der Waals surface area contributed by atoms with E-state index >= 15 is 0 Å². The Labute approximate surface area is 158 Å². The number of piperazine rings is 1. The van der Waals surface area contributed by atoms with Gasteiger partial charge in [0.25, 0.3) is 0 Å². The fraction of sp³-hybridized carbons (Fsp3) is 0.474. The van der Waals surface area contributed by atoms with Crippen LogP contribution < -0.4 is 10.2 Å². The van der Waals surface area contributed by atoms with E-state index in [-0.39, 0.29) is 17.7 Å². The van der Waals surface area contributed by atoms with Gasteiger partial charge in [-0.1, -0.05) is 0 Å². The number of pyridine rings is 1. The van der Waals surface area contributed by atoms with Crippen LogP contribution in [-0.2, 0) is 11.8 Å². The van der Waals surface area contributed by atoms with Gasteiger partial charge >= 0.3 is 0 Å². The summed E-state index contributed by atoms with van der Waals surface area (Å²) < 4.78 is 1.79. The first kappa shape index (κ1) is 17.5. The van der Waals surface area contributed by atoms with Gasteiger partial charge in [-0.2, -0.15) is 10.4 Å². The van der Waals surface area contributed by atoms with Crippen molar-refractivity contribution >= 4 is 11.7 Å². The van der Waals surface area contributed by atoms with Crippen LogP contribution in [0.1, 0.15) is 17.0 Å². The standard InChI is InChI=1S/C19H23N7O/c1-24-13-15(10-23-24)16-11-21-12-17(16)19(27)26-6-4-25(5-7-26)18-8-14(9-20)2-3-22-18/h2-3,8,10,13,16-17,21H,4-7,11-12H2,1H3/t16-,17+/m1/s1. The van der Waals surface area contributed by atoms with Crippen molar-refractivity contribution < 1.29 is 4.79 Å². The highest BCUT2D eigenvalue weighted by Crippen LogP contribution is 2.29. The number of carbonyl (C=O) groups is 1. The van der Waals surface area contributed by atoms with E-state index in [4.69, 9.17) is 5.26 Å². The average molecular weight is 365 g/mol. The molecule has 2 fully saturated rings. The molecule has 0 unspecified atom stereocenters. The molecule has 8 nitrogen and oxygen atoms in total. The van der Waals surface area contributed by atoms with E-state index in [0.29, 0.717) is 25.2 Å². The highest BCUT2D eigenvalue weighted by molar-refractivity contribution is 5.81. The minimum absolute atomic E-state index is 0.0409. The van der Waals surface area contributed by atoms with Gasteiger partial charge in [0.1, 0.15) is 5.82 Å². The topological polar surface area (TPSA) is 90.1 Å². The highest BCUT2D eigenvalue weighted by atomic mass is 16.2. The van der Waals surface area contributed by atoms with Crippen LogP contribution in [0.5, 0.6) is 0 Å². The van der Waals surface area contributed by atoms with Gasteiger partial charge in [0.15, 0.2) is 0 Å². The summed E-state index contributed by atoms with van der Waals surface area (Å²) in [6, 6.07) is 5.65. The van der Waals surface area contributed by atoms with Gasteiger partial charge in [-0.15, -0.1) is 0 Å². The first-order valence-corrected chi connectivity index (χ1v) is 9.25. The molecule has 4 rings (SSSR count). The van der Waals surface area contributed by atoms with Crippen LogP contribution in [0.2, 0.25) is 0 Å². The van der Waals surface area contributed by atoms with Crippen LogP contribution in [0.15, 0.2) is 30.7 Å². The maximum absolute atomic E-state index is 13.1. The van der Waals surface area contributed by atoms with Crippen LogP contribution in [0.25, 0.3) is 0 Å². The second kappa shape index (κ2) is 7.37. The molecule has 1 N–H and O–H groups in total. The molecule has 2 aromatic rings. The molecule has 2 aliphatic rings. The molecule has 27 heavy (non-hydrogen) atoms. The van der Waals surface area contributed by atoms with Crippen molar-refractivity contribution in [3.05, 3.63) is 41.9 Å². The highest BCUT2D eigenvalue weighted by Gasteiger charge is 2.37. The van der Waals surface area contributed by atoms with Gasteiger partial charge in [0, 0.05) is 64.6 Å². The van der Waals surface area contributed by atoms with Crippen molar-refractivity contribution in [3.8, 4) is 6.07 Å². The van der Waals surface area contributed by atoms with Gasteiger partial charge < -0.3 is 15.1 Å². The lowest BCUT2D eigenvalue weighted by molar-refractivity contribution is -0.135. The van der Waals surface area contributed by atoms with E-state index in [1.54, 1.807) is 23.0 Å². The lowest BCUT2D eigenvalue weighted by Gasteiger charge is -2.37. The molecule has 2 aliphatic heterocycles. The second-order valence-corrected chi connectivity index (χ2v) is 7.15. The Hall–Kier alpha value is -2.92. The third kappa shape index (κ3) is 3.51. The molecule has 8 heteroatoms. The Balaban J connectivity index is 1.40. The number of aromatic nitrogens is 3. The maximum Gasteiger partial charge on any atom is 0.227 e. The second-order valence-electron chi connectivity index (χ2n) is 7.15. The largest absolute Gasteiger partial charge is 0.353 e. The lowest BCUT2D eigenvalue weighted by Crippen LogP contribution is -2.51. The third-order valence-corrected chi connectivity index (χ3v) is 5.47. The Kier molecular flexibility index (Phi) is 4.77. The minimum Gasteiger partial charge on any atom is -0.353 e. The summed E-state index contributed by atoms with van der Waals surface area (Å²) >= 11 is 0. The number of nitriles is 1. The number of hydrogen-bond acceptors (Lipinski definition) is 6. The summed E-state index contributed by atoms with van der Waals surface area (Å²) in [5, 5.41) is 16.7. The number of aryl methyl sites for hydroxylation is 1. The predicted molar refractivity (Wildman–Crippen MR) is 100 cm³/mol. The molecule has 0 saturated carbocycles. The Morgan fingerprint density at radius 1 is 1.30 bits per heavy atom. The molecule has 140 valence electrons. The third-order valence-electron chi connectivity index (χ3n) is 5.47. The van der Waals surface area contributed by atoms with Crippen molar-refractivity contribution in [2.75, 3.05) is 44.2 Å². The molecule has 0 aromatic carbocycles. The van der Waals surface area contributed by atoms with Crippen LogP contribution in [0.3, 0.4) is 0 Å². The zero-order valence-corrected chi connectivity index (χ0v) is 15.4. The van der Waals surface area contributed by atoms with E-state index < -0.39 is 0 Å². The summed E-state index contributed by atoms with van der Waals surface area (Å²) in [7, 11) is 1.90. The Morgan fingerprint density at radius 3 is 2.81 bits per heavy atom. The first-order chi connectivity index (χ1) is 13.2. The molecule has 0 spiro atoms. The molecular formula is C19H23N7O. The number of anilines is 1. The van der Waals surface area contributed by atoms with E-state index in [1.165, 1.54) is 0 Å². The normalized spacial score (nSPS) is 22.7. The molecular weight excluding hydrogens is 342 g/mol. The summed E-state index contributed by atoms with van der Waals surface area (Å²) in [4.78, 5) is 21.6. The van der Waals surface area contributed by atoms with Crippen LogP contribution in [0, 0.1) is 17.2 Å². The molecule has 4 heterocycles. The summed E-state index contributed by atoms with van der Waals surface area (Å²) in [5.41, 5.74) is 1.73. The van der Waals surface area contributed by atoms with Crippen molar-refractivity contribution in [2.24, 2.45) is 13.0 Å².